The van der Waals surface area contributed by atoms with E-state index in [1.165, 1.54) is 12.1 Å². The van der Waals surface area contributed by atoms with Crippen LogP contribution in [0.5, 0.6) is 0 Å². The highest BCUT2D eigenvalue weighted by Gasteiger charge is 2.32. The Labute approximate surface area is 221 Å². The molecule has 0 aromatic heterocycles. The molecule has 4 rings (SSSR count). The quantitative estimate of drug-likeness (QED) is 0.314. The lowest BCUT2D eigenvalue weighted by atomic mass is 10.0. The number of aliphatic carboxylic acids is 1. The maximum atomic E-state index is 13.2. The number of carbonyl (C=O) groups is 2. The fourth-order valence-electron chi connectivity index (χ4n) is 4.61. The standard InChI is InChI=1S/C27H25F3N4O5/c28-27(29,30)19-6-8-20(9-7-19)31-26(37)23-15-21(34(38)39)10-11-24(23)33-13-12-32(17-25(35)36)22(16-33)14-18-4-2-1-3-5-18/h1-11,15,22H,12-14,16-17H2,(H,31,37)(H,35,36). The van der Waals surface area contributed by atoms with Gasteiger partial charge in [0.25, 0.3) is 11.6 Å². The molecule has 0 aliphatic carbocycles. The van der Waals surface area contributed by atoms with Crippen LogP contribution in [0.3, 0.4) is 0 Å². The van der Waals surface area contributed by atoms with Gasteiger partial charge in [0.1, 0.15) is 0 Å². The molecule has 1 unspecified atom stereocenters. The highest BCUT2D eigenvalue weighted by molar-refractivity contribution is 6.08. The maximum absolute atomic E-state index is 13.2. The van der Waals surface area contributed by atoms with Gasteiger partial charge in [-0.3, -0.25) is 24.6 Å². The molecular weight excluding hydrogens is 517 g/mol. The van der Waals surface area contributed by atoms with Crippen LogP contribution in [0.2, 0.25) is 0 Å². The van der Waals surface area contributed by atoms with Crippen molar-refractivity contribution in [1.82, 2.24) is 4.90 Å². The Hall–Kier alpha value is -4.45. The molecule has 0 bridgehead atoms. The van der Waals surface area contributed by atoms with Crippen molar-refractivity contribution in [2.24, 2.45) is 0 Å². The first-order valence-electron chi connectivity index (χ1n) is 12.0. The number of nitrogens with zero attached hydrogens (tertiary/aromatic N) is 3. The second-order valence-corrected chi connectivity index (χ2v) is 9.14. The van der Waals surface area contributed by atoms with Crippen molar-refractivity contribution in [1.29, 1.82) is 0 Å². The third-order valence-electron chi connectivity index (χ3n) is 6.50. The third kappa shape index (κ3) is 6.90. The lowest BCUT2D eigenvalue weighted by molar-refractivity contribution is -0.384. The van der Waals surface area contributed by atoms with Crippen LogP contribution in [0.15, 0.2) is 72.8 Å². The first-order valence-corrected chi connectivity index (χ1v) is 12.0. The number of non-ortho nitro benzene ring substituents is 1. The fraction of sp³-hybridized carbons (Fsp3) is 0.259. The molecule has 0 spiro atoms. The minimum absolute atomic E-state index is 0.0192. The zero-order valence-electron chi connectivity index (χ0n) is 20.6. The molecule has 2 N–H and O–H groups in total. The average Bonchev–Trinajstić information content (AvgIpc) is 2.89. The SMILES string of the molecule is O=C(O)CN1CCN(c2ccc([N+](=O)[O-])cc2C(=O)Nc2ccc(C(F)(F)F)cc2)CC1Cc1ccccc1. The number of carboxylic acids is 1. The number of anilines is 2. The van der Waals surface area contributed by atoms with E-state index in [2.05, 4.69) is 5.32 Å². The minimum Gasteiger partial charge on any atom is -0.480 e. The van der Waals surface area contributed by atoms with Crippen LogP contribution < -0.4 is 10.2 Å². The molecule has 0 radical (unpaired) electrons. The van der Waals surface area contributed by atoms with Crippen molar-refractivity contribution < 1.29 is 32.8 Å². The predicted molar refractivity (Wildman–Crippen MR) is 138 cm³/mol. The lowest BCUT2D eigenvalue weighted by Gasteiger charge is -2.42. The molecular formula is C27H25F3N4O5. The Kier molecular flexibility index (Phi) is 8.15. The summed E-state index contributed by atoms with van der Waals surface area (Å²) in [6.07, 6.45) is -3.99. The van der Waals surface area contributed by atoms with Gasteiger partial charge in [0.15, 0.2) is 0 Å². The zero-order valence-corrected chi connectivity index (χ0v) is 20.6. The Morgan fingerprint density at radius 1 is 1.03 bits per heavy atom. The zero-order chi connectivity index (χ0) is 28.2. The molecule has 204 valence electrons. The predicted octanol–water partition coefficient (Wildman–Crippen LogP) is 4.68. The average molecular weight is 543 g/mol. The number of hydrogen-bond acceptors (Lipinski definition) is 6. The number of rotatable bonds is 8. The van der Waals surface area contributed by atoms with Gasteiger partial charge in [-0.2, -0.15) is 13.2 Å². The number of nitro groups is 1. The number of alkyl halides is 3. The number of amides is 1. The van der Waals surface area contributed by atoms with Crippen LogP contribution in [-0.4, -0.2) is 59.0 Å². The van der Waals surface area contributed by atoms with E-state index in [0.29, 0.717) is 31.7 Å². The van der Waals surface area contributed by atoms with E-state index in [1.807, 2.05) is 40.1 Å². The van der Waals surface area contributed by atoms with Crippen LogP contribution in [0.4, 0.5) is 30.2 Å². The summed E-state index contributed by atoms with van der Waals surface area (Å²) >= 11 is 0. The van der Waals surface area contributed by atoms with E-state index in [1.54, 1.807) is 0 Å². The molecule has 1 atom stereocenters. The number of piperazine rings is 1. The molecule has 3 aromatic rings. The van der Waals surface area contributed by atoms with Crippen molar-refractivity contribution in [3.05, 3.63) is 99.6 Å². The summed E-state index contributed by atoms with van der Waals surface area (Å²) in [5.41, 5.74) is 0.289. The van der Waals surface area contributed by atoms with Crippen LogP contribution >= 0.6 is 0 Å². The van der Waals surface area contributed by atoms with E-state index < -0.39 is 28.5 Å². The van der Waals surface area contributed by atoms with Crippen molar-refractivity contribution in [3.8, 4) is 0 Å². The Balaban J connectivity index is 1.62. The third-order valence-corrected chi connectivity index (χ3v) is 6.50. The number of nitro benzene ring substituents is 1. The number of benzene rings is 3. The largest absolute Gasteiger partial charge is 0.480 e. The van der Waals surface area contributed by atoms with E-state index >= 15 is 0 Å². The van der Waals surface area contributed by atoms with Crippen molar-refractivity contribution in [2.45, 2.75) is 18.6 Å². The Morgan fingerprint density at radius 3 is 2.33 bits per heavy atom. The monoisotopic (exact) mass is 542 g/mol. The number of carboxylic acid groups (broad SMARTS) is 1. The van der Waals surface area contributed by atoms with Gasteiger partial charge in [0.05, 0.1) is 28.3 Å². The van der Waals surface area contributed by atoms with E-state index in [0.717, 1.165) is 35.9 Å². The number of carbonyl (C=O) groups excluding carboxylic acids is 1. The molecule has 1 fully saturated rings. The number of nitrogens with one attached hydrogen (secondary N) is 1. The van der Waals surface area contributed by atoms with Gasteiger partial charge in [-0.05, 0) is 42.3 Å². The molecule has 9 nitrogen and oxygen atoms in total. The molecule has 1 aliphatic heterocycles. The van der Waals surface area contributed by atoms with Crippen LogP contribution in [-0.2, 0) is 17.4 Å². The molecule has 39 heavy (non-hydrogen) atoms. The summed E-state index contributed by atoms with van der Waals surface area (Å²) in [4.78, 5) is 39.2. The van der Waals surface area contributed by atoms with Crippen LogP contribution in [0.25, 0.3) is 0 Å². The number of halogens is 3. The molecule has 3 aromatic carbocycles. The summed E-state index contributed by atoms with van der Waals surface area (Å²) in [6.45, 7) is 0.922. The molecule has 0 saturated carbocycles. The van der Waals surface area contributed by atoms with Crippen molar-refractivity contribution >= 4 is 28.9 Å². The van der Waals surface area contributed by atoms with Gasteiger partial charge in [0, 0.05) is 43.5 Å². The van der Waals surface area contributed by atoms with Gasteiger partial charge in [-0.25, -0.2) is 0 Å². The molecule has 1 aliphatic rings. The normalized spacial score (nSPS) is 16.1. The Morgan fingerprint density at radius 2 is 1.72 bits per heavy atom. The van der Waals surface area contributed by atoms with Crippen LogP contribution in [0.1, 0.15) is 21.5 Å². The first kappa shape index (κ1) is 27.6. The second-order valence-electron chi connectivity index (χ2n) is 9.14. The summed E-state index contributed by atoms with van der Waals surface area (Å²) < 4.78 is 38.7. The van der Waals surface area contributed by atoms with Gasteiger partial charge in [0.2, 0.25) is 0 Å². The van der Waals surface area contributed by atoms with Gasteiger partial charge >= 0.3 is 12.1 Å². The topological polar surface area (TPSA) is 116 Å². The lowest BCUT2D eigenvalue weighted by Crippen LogP contribution is -2.55. The van der Waals surface area contributed by atoms with E-state index in [9.17, 15) is 38.0 Å². The van der Waals surface area contributed by atoms with Gasteiger partial charge in [-0.1, -0.05) is 30.3 Å². The van der Waals surface area contributed by atoms with E-state index in [-0.39, 0.29) is 29.5 Å². The summed E-state index contributed by atoms with van der Waals surface area (Å²) in [5.74, 6) is -1.69. The smallest absolute Gasteiger partial charge is 0.416 e. The highest BCUT2D eigenvalue weighted by atomic mass is 19.4. The second kappa shape index (κ2) is 11.5. The molecule has 12 heteroatoms. The molecule has 1 heterocycles. The maximum Gasteiger partial charge on any atom is 0.416 e. The van der Waals surface area contributed by atoms with E-state index in [4.69, 9.17) is 0 Å². The summed E-state index contributed by atoms with van der Waals surface area (Å²) in [5, 5.41) is 23.4. The van der Waals surface area contributed by atoms with Crippen molar-refractivity contribution in [2.75, 3.05) is 36.4 Å². The Bertz CT molecular complexity index is 1350. The van der Waals surface area contributed by atoms with Gasteiger partial charge in [-0.15, -0.1) is 0 Å². The van der Waals surface area contributed by atoms with Gasteiger partial charge < -0.3 is 15.3 Å². The molecule has 1 amide bonds. The van der Waals surface area contributed by atoms with Crippen molar-refractivity contribution in [3.63, 3.8) is 0 Å². The first-order chi connectivity index (χ1) is 18.5. The summed E-state index contributed by atoms with van der Waals surface area (Å²) in [6, 6.07) is 17.1. The molecule has 1 saturated heterocycles. The minimum atomic E-state index is -4.53. The highest BCUT2D eigenvalue weighted by Crippen LogP contribution is 2.31. The number of hydrogen-bond donors (Lipinski definition) is 2. The fourth-order valence-corrected chi connectivity index (χ4v) is 4.61. The van der Waals surface area contributed by atoms with Crippen LogP contribution in [0, 0.1) is 10.1 Å². The summed E-state index contributed by atoms with van der Waals surface area (Å²) in [7, 11) is 0.